The van der Waals surface area contributed by atoms with Crippen LogP contribution in [0, 0.1) is 5.41 Å². The number of hydrogen-bond donors (Lipinski definition) is 1. The molecule has 0 bridgehead atoms. The molecule has 0 unspecified atom stereocenters. The van der Waals surface area contributed by atoms with Crippen molar-refractivity contribution in [1.82, 2.24) is 4.98 Å². The summed E-state index contributed by atoms with van der Waals surface area (Å²) >= 11 is 0. The number of nitrogens with two attached hydrogens (primary N) is 1. The number of fused-ring (bicyclic) bond motifs is 1. The molecule has 0 aliphatic heterocycles. The molecule has 0 fully saturated rings. The zero-order valence-electron chi connectivity index (χ0n) is 7.54. The number of rotatable bonds is 0. The van der Waals surface area contributed by atoms with E-state index in [1.165, 1.54) is 11.1 Å². The first kappa shape index (κ1) is 7.74. The van der Waals surface area contributed by atoms with E-state index in [2.05, 4.69) is 24.9 Å². The number of hydrogen-bond acceptors (Lipinski definition) is 2. The van der Waals surface area contributed by atoms with E-state index in [1.807, 2.05) is 12.4 Å². The van der Waals surface area contributed by atoms with Gasteiger partial charge < -0.3 is 5.73 Å². The van der Waals surface area contributed by atoms with Gasteiger partial charge in [-0.05, 0) is 29.0 Å². The minimum atomic E-state index is 0.154. The van der Waals surface area contributed by atoms with E-state index in [4.69, 9.17) is 5.73 Å². The van der Waals surface area contributed by atoms with Crippen LogP contribution in [0.3, 0.4) is 0 Å². The highest BCUT2D eigenvalue weighted by Crippen LogP contribution is 2.42. The predicted octanol–water partition coefficient (Wildman–Crippen LogP) is 1.66. The SMILES string of the molecule is CC1(C)Cc2ccncc2[C@H]1N. The van der Waals surface area contributed by atoms with E-state index in [9.17, 15) is 0 Å². The van der Waals surface area contributed by atoms with Gasteiger partial charge in [0.2, 0.25) is 0 Å². The lowest BCUT2D eigenvalue weighted by molar-refractivity contribution is 0.319. The Morgan fingerprint density at radius 1 is 1.58 bits per heavy atom. The zero-order valence-corrected chi connectivity index (χ0v) is 7.54. The van der Waals surface area contributed by atoms with E-state index in [1.54, 1.807) is 0 Å². The molecule has 2 nitrogen and oxygen atoms in total. The second-order valence-electron chi connectivity index (χ2n) is 4.22. The fourth-order valence-corrected chi connectivity index (χ4v) is 1.90. The van der Waals surface area contributed by atoms with Gasteiger partial charge in [-0.15, -0.1) is 0 Å². The molecule has 1 heterocycles. The molecule has 0 saturated heterocycles. The molecule has 0 saturated carbocycles. The van der Waals surface area contributed by atoms with Crippen LogP contribution in [0.1, 0.15) is 31.0 Å². The lowest BCUT2D eigenvalue weighted by atomic mass is 9.86. The topological polar surface area (TPSA) is 38.9 Å². The summed E-state index contributed by atoms with van der Waals surface area (Å²) in [4.78, 5) is 4.09. The smallest absolute Gasteiger partial charge is 0.0368 e. The van der Waals surface area contributed by atoms with Gasteiger partial charge in [0.05, 0.1) is 0 Å². The van der Waals surface area contributed by atoms with Crippen molar-refractivity contribution < 1.29 is 0 Å². The number of pyridine rings is 1. The molecule has 1 aromatic rings. The molecule has 2 heteroatoms. The maximum absolute atomic E-state index is 6.08. The first-order valence-electron chi connectivity index (χ1n) is 4.29. The first-order valence-corrected chi connectivity index (χ1v) is 4.29. The number of nitrogens with zero attached hydrogens (tertiary/aromatic N) is 1. The van der Waals surface area contributed by atoms with Crippen molar-refractivity contribution in [1.29, 1.82) is 0 Å². The van der Waals surface area contributed by atoms with Gasteiger partial charge in [-0.2, -0.15) is 0 Å². The third-order valence-electron chi connectivity index (χ3n) is 2.77. The van der Waals surface area contributed by atoms with E-state index >= 15 is 0 Å². The average molecular weight is 162 g/mol. The lowest BCUT2D eigenvalue weighted by Crippen LogP contribution is -2.24. The summed E-state index contributed by atoms with van der Waals surface area (Å²) in [6.45, 7) is 4.41. The monoisotopic (exact) mass is 162 g/mol. The van der Waals surface area contributed by atoms with Crippen LogP contribution in [-0.2, 0) is 6.42 Å². The number of aromatic nitrogens is 1. The fourth-order valence-electron chi connectivity index (χ4n) is 1.90. The van der Waals surface area contributed by atoms with E-state index < -0.39 is 0 Å². The predicted molar refractivity (Wildman–Crippen MR) is 48.7 cm³/mol. The maximum Gasteiger partial charge on any atom is 0.0368 e. The van der Waals surface area contributed by atoms with Gasteiger partial charge in [0, 0.05) is 18.4 Å². The Labute approximate surface area is 72.8 Å². The van der Waals surface area contributed by atoms with E-state index in [0.717, 1.165) is 6.42 Å². The third-order valence-corrected chi connectivity index (χ3v) is 2.77. The highest BCUT2D eigenvalue weighted by atomic mass is 14.7. The molecule has 0 radical (unpaired) electrons. The van der Waals surface area contributed by atoms with Crippen molar-refractivity contribution in [3.8, 4) is 0 Å². The van der Waals surface area contributed by atoms with Gasteiger partial charge in [-0.3, -0.25) is 4.98 Å². The molecule has 1 atom stereocenters. The van der Waals surface area contributed by atoms with Gasteiger partial charge in [-0.25, -0.2) is 0 Å². The second-order valence-corrected chi connectivity index (χ2v) is 4.22. The average Bonchev–Trinajstić information content (AvgIpc) is 2.24. The highest BCUT2D eigenvalue weighted by Gasteiger charge is 2.36. The Balaban J connectivity index is 2.49. The maximum atomic E-state index is 6.08. The minimum absolute atomic E-state index is 0.154. The Kier molecular flexibility index (Phi) is 1.48. The Hall–Kier alpha value is -0.890. The Morgan fingerprint density at radius 2 is 2.33 bits per heavy atom. The van der Waals surface area contributed by atoms with Crippen LogP contribution in [0.2, 0.25) is 0 Å². The van der Waals surface area contributed by atoms with Crippen LogP contribution >= 0.6 is 0 Å². The molecule has 64 valence electrons. The molecule has 0 aromatic carbocycles. The molecule has 1 aliphatic rings. The van der Waals surface area contributed by atoms with E-state index in [0.29, 0.717) is 0 Å². The second kappa shape index (κ2) is 2.30. The Bertz CT molecular complexity index is 304. The molecule has 12 heavy (non-hydrogen) atoms. The van der Waals surface area contributed by atoms with Crippen LogP contribution in [0.4, 0.5) is 0 Å². The van der Waals surface area contributed by atoms with Crippen molar-refractivity contribution >= 4 is 0 Å². The van der Waals surface area contributed by atoms with Crippen LogP contribution in [-0.4, -0.2) is 4.98 Å². The Morgan fingerprint density at radius 3 is 3.00 bits per heavy atom. The molecule has 0 amide bonds. The van der Waals surface area contributed by atoms with Crippen molar-refractivity contribution in [2.75, 3.05) is 0 Å². The van der Waals surface area contributed by atoms with Crippen molar-refractivity contribution in [2.45, 2.75) is 26.3 Å². The molecule has 2 N–H and O–H groups in total. The molecule has 1 aromatic heterocycles. The lowest BCUT2D eigenvalue weighted by Gasteiger charge is -2.23. The summed E-state index contributed by atoms with van der Waals surface area (Å²) in [7, 11) is 0. The first-order chi connectivity index (χ1) is 5.61. The quantitative estimate of drug-likeness (QED) is 0.630. The summed E-state index contributed by atoms with van der Waals surface area (Å²) < 4.78 is 0. The summed E-state index contributed by atoms with van der Waals surface area (Å²) in [5.74, 6) is 0. The van der Waals surface area contributed by atoms with Crippen molar-refractivity contribution in [2.24, 2.45) is 11.1 Å². The standard InChI is InChI=1S/C10H14N2/c1-10(2)5-7-3-4-12-6-8(7)9(10)11/h3-4,6,9H,5,11H2,1-2H3/t9-/m1/s1. The van der Waals surface area contributed by atoms with Gasteiger partial charge in [0.1, 0.15) is 0 Å². The van der Waals surface area contributed by atoms with Crippen LogP contribution < -0.4 is 5.73 Å². The normalized spacial score (nSPS) is 25.4. The minimum Gasteiger partial charge on any atom is -0.323 e. The summed E-state index contributed by atoms with van der Waals surface area (Å²) in [6, 6.07) is 2.23. The van der Waals surface area contributed by atoms with Crippen LogP contribution in [0.5, 0.6) is 0 Å². The van der Waals surface area contributed by atoms with Crippen molar-refractivity contribution in [3.63, 3.8) is 0 Å². The van der Waals surface area contributed by atoms with Gasteiger partial charge >= 0.3 is 0 Å². The fraction of sp³-hybridized carbons (Fsp3) is 0.500. The highest BCUT2D eigenvalue weighted by molar-refractivity contribution is 5.34. The molecule has 1 aliphatic carbocycles. The van der Waals surface area contributed by atoms with Crippen LogP contribution in [0.25, 0.3) is 0 Å². The molecule has 0 spiro atoms. The summed E-state index contributed by atoms with van der Waals surface area (Å²) in [5.41, 5.74) is 8.87. The van der Waals surface area contributed by atoms with Gasteiger partial charge in [0.15, 0.2) is 0 Å². The zero-order chi connectivity index (χ0) is 8.77. The van der Waals surface area contributed by atoms with Gasteiger partial charge in [0.25, 0.3) is 0 Å². The molecule has 2 rings (SSSR count). The van der Waals surface area contributed by atoms with E-state index in [-0.39, 0.29) is 11.5 Å². The molecular weight excluding hydrogens is 148 g/mol. The largest absolute Gasteiger partial charge is 0.323 e. The van der Waals surface area contributed by atoms with Crippen molar-refractivity contribution in [3.05, 3.63) is 29.6 Å². The summed E-state index contributed by atoms with van der Waals surface area (Å²) in [6.07, 6.45) is 4.81. The third kappa shape index (κ3) is 0.950. The summed E-state index contributed by atoms with van der Waals surface area (Å²) in [5, 5.41) is 0. The molecular formula is C10H14N2. The van der Waals surface area contributed by atoms with Gasteiger partial charge in [-0.1, -0.05) is 13.8 Å². The van der Waals surface area contributed by atoms with Crippen LogP contribution in [0.15, 0.2) is 18.5 Å².